The number of benzene rings is 2. The molecule has 0 aliphatic carbocycles. The Morgan fingerprint density at radius 1 is 1.09 bits per heavy atom. The van der Waals surface area contributed by atoms with Gasteiger partial charge in [-0.2, -0.15) is 0 Å². The fourth-order valence-electron chi connectivity index (χ4n) is 2.27. The Morgan fingerprint density at radius 2 is 1.74 bits per heavy atom. The normalized spacial score (nSPS) is 17.0. The van der Waals surface area contributed by atoms with Crippen LogP contribution in [0.3, 0.4) is 0 Å². The van der Waals surface area contributed by atoms with Crippen molar-refractivity contribution in [3.63, 3.8) is 0 Å². The summed E-state index contributed by atoms with van der Waals surface area (Å²) in [5.74, 6) is -0.353. The first-order valence-electron chi connectivity index (χ1n) is 7.18. The predicted octanol–water partition coefficient (Wildman–Crippen LogP) is 4.00. The van der Waals surface area contributed by atoms with Crippen LogP contribution in [-0.2, 0) is 9.53 Å². The van der Waals surface area contributed by atoms with Gasteiger partial charge < -0.3 is 10.1 Å². The van der Waals surface area contributed by atoms with E-state index in [4.69, 9.17) is 9.73 Å². The van der Waals surface area contributed by atoms with Crippen LogP contribution < -0.4 is 5.32 Å². The van der Waals surface area contributed by atoms with E-state index in [-0.39, 0.29) is 12.0 Å². The molecule has 0 radical (unpaired) electrons. The number of ether oxygens (including phenoxy) is 1. The van der Waals surface area contributed by atoms with E-state index in [9.17, 15) is 4.79 Å². The number of aliphatic imine (C=N–C) groups is 1. The molecule has 23 heavy (non-hydrogen) atoms. The van der Waals surface area contributed by atoms with Crippen molar-refractivity contribution in [1.29, 1.82) is 0 Å². The highest BCUT2D eigenvalue weighted by molar-refractivity contribution is 8.16. The molecule has 0 saturated carbocycles. The summed E-state index contributed by atoms with van der Waals surface area (Å²) >= 11 is 1.38. The maximum absolute atomic E-state index is 12.0. The molecular weight excluding hydrogens is 308 g/mol. The molecule has 0 fully saturated rings. The third-order valence-electron chi connectivity index (χ3n) is 3.40. The first-order valence-corrected chi connectivity index (χ1v) is 8.06. The van der Waals surface area contributed by atoms with E-state index in [1.807, 2.05) is 66.1 Å². The highest BCUT2D eigenvalue weighted by atomic mass is 32.2. The van der Waals surface area contributed by atoms with Crippen molar-refractivity contribution < 1.29 is 9.53 Å². The molecule has 2 aromatic rings. The number of hydrogen-bond donors (Lipinski definition) is 1. The van der Waals surface area contributed by atoms with Crippen LogP contribution in [0.25, 0.3) is 0 Å². The van der Waals surface area contributed by atoms with Gasteiger partial charge in [-0.15, -0.1) is 0 Å². The average Bonchev–Trinajstić information content (AvgIpc) is 2.62. The van der Waals surface area contributed by atoms with Crippen LogP contribution in [0.5, 0.6) is 0 Å². The number of hydrogen-bond acceptors (Lipinski definition) is 5. The number of carbonyl (C=O) groups excluding carboxylic acids is 1. The van der Waals surface area contributed by atoms with E-state index in [1.165, 1.54) is 18.9 Å². The first-order chi connectivity index (χ1) is 11.3. The quantitative estimate of drug-likeness (QED) is 0.867. The third kappa shape index (κ3) is 3.63. The highest BCUT2D eigenvalue weighted by Crippen LogP contribution is 2.34. The molecule has 1 heterocycles. The lowest BCUT2D eigenvalue weighted by atomic mass is 10.0. The Hall–Kier alpha value is -2.53. The molecule has 0 spiro atoms. The highest BCUT2D eigenvalue weighted by Gasteiger charge is 2.27. The second-order valence-electron chi connectivity index (χ2n) is 4.92. The van der Waals surface area contributed by atoms with Gasteiger partial charge in [-0.1, -0.05) is 60.3 Å². The summed E-state index contributed by atoms with van der Waals surface area (Å²) in [5, 5.41) is 5.83. The summed E-state index contributed by atoms with van der Waals surface area (Å²) in [6.45, 7) is 0. The molecule has 4 nitrogen and oxygen atoms in total. The number of thioether (sulfide) groups is 1. The van der Waals surface area contributed by atoms with Gasteiger partial charge in [-0.25, -0.2) is 9.79 Å². The predicted molar refractivity (Wildman–Crippen MR) is 94.4 cm³/mol. The van der Waals surface area contributed by atoms with Gasteiger partial charge in [0.1, 0.15) is 6.04 Å². The lowest BCUT2D eigenvalue weighted by Crippen LogP contribution is -2.19. The Labute approximate surface area is 139 Å². The molecule has 0 aromatic heterocycles. The summed E-state index contributed by atoms with van der Waals surface area (Å²) in [5.41, 5.74) is 2.46. The number of anilines is 1. The summed E-state index contributed by atoms with van der Waals surface area (Å²) in [7, 11) is 1.39. The van der Waals surface area contributed by atoms with E-state index >= 15 is 0 Å². The number of methoxy groups -OCH3 is 1. The number of rotatable bonds is 3. The van der Waals surface area contributed by atoms with Crippen molar-refractivity contribution >= 4 is 28.6 Å². The molecule has 0 bridgehead atoms. The van der Waals surface area contributed by atoms with Crippen molar-refractivity contribution in [2.24, 2.45) is 4.99 Å². The van der Waals surface area contributed by atoms with Gasteiger partial charge in [0, 0.05) is 5.69 Å². The molecule has 0 saturated heterocycles. The van der Waals surface area contributed by atoms with Crippen LogP contribution in [-0.4, -0.2) is 18.2 Å². The van der Waals surface area contributed by atoms with Gasteiger partial charge in [0.15, 0.2) is 5.17 Å². The van der Waals surface area contributed by atoms with Crippen LogP contribution in [0, 0.1) is 0 Å². The zero-order valence-electron chi connectivity index (χ0n) is 12.6. The smallest absolute Gasteiger partial charge is 0.336 e. The van der Waals surface area contributed by atoms with Crippen molar-refractivity contribution in [3.05, 3.63) is 77.2 Å². The summed E-state index contributed by atoms with van der Waals surface area (Å²) in [4.78, 5) is 16.7. The molecule has 0 amide bonds. The largest absolute Gasteiger partial charge is 0.466 e. The average molecular weight is 324 g/mol. The SMILES string of the molecule is COC(=O)C1=CSC(Nc2ccccc2)=NC1c1ccccc1. The van der Waals surface area contributed by atoms with Gasteiger partial charge in [0.05, 0.1) is 12.7 Å². The van der Waals surface area contributed by atoms with E-state index in [0.29, 0.717) is 5.57 Å². The molecule has 5 heteroatoms. The Kier molecular flexibility index (Phi) is 4.78. The van der Waals surface area contributed by atoms with Crippen LogP contribution in [0.4, 0.5) is 5.69 Å². The molecule has 1 atom stereocenters. The monoisotopic (exact) mass is 324 g/mol. The minimum Gasteiger partial charge on any atom is -0.466 e. The molecule has 3 rings (SSSR count). The zero-order chi connectivity index (χ0) is 16.1. The lowest BCUT2D eigenvalue weighted by Gasteiger charge is -2.21. The summed E-state index contributed by atoms with van der Waals surface area (Å²) in [6, 6.07) is 19.2. The van der Waals surface area contributed by atoms with E-state index < -0.39 is 0 Å². The van der Waals surface area contributed by atoms with Crippen LogP contribution in [0.1, 0.15) is 11.6 Å². The maximum Gasteiger partial charge on any atom is 0.336 e. The number of nitrogens with one attached hydrogen (secondary N) is 1. The Balaban J connectivity index is 1.90. The minimum absolute atomic E-state index is 0.353. The Bertz CT molecular complexity index is 742. The molecule has 1 N–H and O–H groups in total. The lowest BCUT2D eigenvalue weighted by molar-refractivity contribution is -0.136. The third-order valence-corrected chi connectivity index (χ3v) is 4.20. The number of amidine groups is 1. The van der Waals surface area contributed by atoms with Gasteiger partial charge in [0.25, 0.3) is 0 Å². The fraction of sp³-hybridized carbons (Fsp3) is 0.111. The van der Waals surface area contributed by atoms with Gasteiger partial charge in [0.2, 0.25) is 0 Å². The van der Waals surface area contributed by atoms with Crippen molar-refractivity contribution in [3.8, 4) is 0 Å². The van der Waals surface area contributed by atoms with Gasteiger partial charge >= 0.3 is 5.97 Å². The van der Waals surface area contributed by atoms with Crippen LogP contribution >= 0.6 is 11.8 Å². The van der Waals surface area contributed by atoms with E-state index in [2.05, 4.69) is 5.32 Å². The molecule has 1 aliphatic rings. The standard InChI is InChI=1S/C18H16N2O2S/c1-22-17(21)15-12-23-18(19-14-10-6-3-7-11-14)20-16(15)13-8-4-2-5-9-13/h2-12,16H,1H3,(H,19,20). The number of para-hydroxylation sites is 1. The number of nitrogens with zero attached hydrogens (tertiary/aromatic N) is 1. The number of esters is 1. The first kappa shape index (κ1) is 15.4. The van der Waals surface area contributed by atoms with E-state index in [1.54, 1.807) is 0 Å². The van der Waals surface area contributed by atoms with Crippen molar-refractivity contribution in [1.82, 2.24) is 0 Å². The summed E-state index contributed by atoms with van der Waals surface area (Å²) < 4.78 is 4.88. The zero-order valence-corrected chi connectivity index (χ0v) is 13.4. The molecule has 1 unspecified atom stereocenters. The molecule has 2 aromatic carbocycles. The van der Waals surface area contributed by atoms with Crippen molar-refractivity contribution in [2.45, 2.75) is 6.04 Å². The fourth-order valence-corrected chi connectivity index (χ4v) is 3.08. The molecular formula is C18H16N2O2S. The summed E-state index contributed by atoms with van der Waals surface area (Å²) in [6.07, 6.45) is 0. The molecule has 1 aliphatic heterocycles. The molecule has 116 valence electrons. The van der Waals surface area contributed by atoms with Crippen molar-refractivity contribution in [2.75, 3.05) is 12.4 Å². The topological polar surface area (TPSA) is 50.7 Å². The van der Waals surface area contributed by atoms with Gasteiger partial charge in [-0.3, -0.25) is 0 Å². The van der Waals surface area contributed by atoms with E-state index in [0.717, 1.165) is 16.4 Å². The number of carbonyl (C=O) groups is 1. The second-order valence-corrected chi connectivity index (χ2v) is 5.78. The van der Waals surface area contributed by atoms with Crippen LogP contribution in [0.15, 0.2) is 76.6 Å². The second kappa shape index (κ2) is 7.15. The van der Waals surface area contributed by atoms with Crippen LogP contribution in [0.2, 0.25) is 0 Å². The minimum atomic E-state index is -0.365. The Morgan fingerprint density at radius 3 is 2.39 bits per heavy atom. The maximum atomic E-state index is 12.0. The van der Waals surface area contributed by atoms with Gasteiger partial charge in [-0.05, 0) is 23.1 Å².